The molecule has 32 heavy (non-hydrogen) atoms. The largest absolute Gasteiger partial charge is 0.391 e. The van der Waals surface area contributed by atoms with Crippen molar-refractivity contribution >= 4 is 40.2 Å². The van der Waals surface area contributed by atoms with Crippen molar-refractivity contribution in [3.05, 3.63) is 53.9 Å². The number of halogens is 3. The second kappa shape index (κ2) is 8.99. The van der Waals surface area contributed by atoms with Gasteiger partial charge in [0.1, 0.15) is 23.1 Å². The molecule has 11 heteroatoms. The fourth-order valence-electron chi connectivity index (χ4n) is 4.36. The molecular weight excluding hydrogens is 486 g/mol. The molecule has 0 radical (unpaired) electrons. The quantitative estimate of drug-likeness (QED) is 0.565. The summed E-state index contributed by atoms with van der Waals surface area (Å²) < 4.78 is 29.7. The number of aromatic nitrogens is 3. The Bertz CT molecular complexity index is 1140. The van der Waals surface area contributed by atoms with E-state index in [4.69, 9.17) is 0 Å². The number of nitrogens with one attached hydrogen (secondary N) is 1. The lowest BCUT2D eigenvalue weighted by Gasteiger charge is -2.26. The average molecular weight is 509 g/mol. The second-order valence-electron chi connectivity index (χ2n) is 7.95. The lowest BCUT2D eigenvalue weighted by molar-refractivity contribution is 0.176. The fourth-order valence-corrected chi connectivity index (χ4v) is 4.36. The van der Waals surface area contributed by atoms with Crippen molar-refractivity contribution in [3.8, 4) is 0 Å². The number of benzene rings is 1. The number of anilines is 2. The molecule has 2 atom stereocenters. The highest BCUT2D eigenvalue weighted by molar-refractivity contribution is 8.93. The summed E-state index contributed by atoms with van der Waals surface area (Å²) in [7, 11) is 0. The Hall–Kier alpha value is -2.79. The molecule has 8 nitrogen and oxygen atoms in total. The van der Waals surface area contributed by atoms with Gasteiger partial charge in [-0.05, 0) is 43.5 Å². The highest BCUT2D eigenvalue weighted by Crippen LogP contribution is 2.37. The summed E-state index contributed by atoms with van der Waals surface area (Å²) in [6.45, 7) is 1.43. The van der Waals surface area contributed by atoms with Crippen LogP contribution in [-0.4, -0.2) is 56.4 Å². The van der Waals surface area contributed by atoms with Crippen LogP contribution in [0.2, 0.25) is 0 Å². The van der Waals surface area contributed by atoms with Crippen molar-refractivity contribution in [2.45, 2.75) is 31.4 Å². The molecule has 2 unspecified atom stereocenters. The monoisotopic (exact) mass is 508 g/mol. The summed E-state index contributed by atoms with van der Waals surface area (Å²) in [4.78, 5) is 20.7. The van der Waals surface area contributed by atoms with Gasteiger partial charge in [-0.1, -0.05) is 0 Å². The number of fused-ring (bicyclic) bond motifs is 1. The molecule has 3 aromatic rings. The standard InChI is InChI=1S/C21H22F2N6O2.BrH/c22-13-3-4-16(23)15(10-13)18-2-1-7-28(18)19-6-9-29-20(26-19)17(11-24-29)25-21(31)27-8-5-14(30)12-27;/h3-4,6,9-11,14,18,30H,1-2,5,7-8,12H2,(H,25,31);1H. The van der Waals surface area contributed by atoms with Crippen molar-refractivity contribution in [1.29, 1.82) is 0 Å². The highest BCUT2D eigenvalue weighted by Gasteiger charge is 2.30. The van der Waals surface area contributed by atoms with Crippen molar-refractivity contribution in [2.24, 2.45) is 0 Å². The molecule has 1 aromatic carbocycles. The Balaban J connectivity index is 0.00000245. The van der Waals surface area contributed by atoms with Crippen LogP contribution in [0.3, 0.4) is 0 Å². The zero-order chi connectivity index (χ0) is 21.5. The molecule has 2 aliphatic heterocycles. The zero-order valence-electron chi connectivity index (χ0n) is 17.1. The number of aliphatic hydroxyl groups is 1. The minimum Gasteiger partial charge on any atom is -0.391 e. The summed E-state index contributed by atoms with van der Waals surface area (Å²) in [5, 5.41) is 16.7. The van der Waals surface area contributed by atoms with Gasteiger partial charge in [0.25, 0.3) is 0 Å². The Morgan fingerprint density at radius 1 is 1.19 bits per heavy atom. The van der Waals surface area contributed by atoms with E-state index in [1.807, 2.05) is 4.90 Å². The third-order valence-corrected chi connectivity index (χ3v) is 5.91. The van der Waals surface area contributed by atoms with Gasteiger partial charge in [-0.3, -0.25) is 0 Å². The molecule has 5 rings (SSSR count). The number of urea groups is 1. The van der Waals surface area contributed by atoms with Gasteiger partial charge in [0.15, 0.2) is 5.65 Å². The zero-order valence-corrected chi connectivity index (χ0v) is 18.8. The molecule has 2 N–H and O–H groups in total. The molecule has 0 saturated carbocycles. The second-order valence-corrected chi connectivity index (χ2v) is 7.95. The number of carbonyl (C=O) groups is 1. The normalized spacial score (nSPS) is 20.6. The van der Waals surface area contributed by atoms with Gasteiger partial charge >= 0.3 is 6.03 Å². The molecule has 2 aromatic heterocycles. The van der Waals surface area contributed by atoms with E-state index >= 15 is 0 Å². The van der Waals surface area contributed by atoms with Crippen LogP contribution in [0.1, 0.15) is 30.9 Å². The Kier molecular flexibility index (Phi) is 6.29. The molecule has 2 amide bonds. The third-order valence-electron chi connectivity index (χ3n) is 5.91. The van der Waals surface area contributed by atoms with Crippen molar-refractivity contribution in [1.82, 2.24) is 19.5 Å². The van der Waals surface area contributed by atoms with E-state index in [1.165, 1.54) is 12.3 Å². The third kappa shape index (κ3) is 4.14. The van der Waals surface area contributed by atoms with E-state index in [9.17, 15) is 18.7 Å². The molecule has 2 aliphatic rings. The van der Waals surface area contributed by atoms with Crippen LogP contribution >= 0.6 is 17.0 Å². The Morgan fingerprint density at radius 3 is 2.81 bits per heavy atom. The van der Waals surface area contributed by atoms with Crippen LogP contribution < -0.4 is 10.2 Å². The summed E-state index contributed by atoms with van der Waals surface area (Å²) in [5.41, 5.74) is 1.21. The van der Waals surface area contributed by atoms with Gasteiger partial charge in [-0.2, -0.15) is 5.10 Å². The molecule has 2 saturated heterocycles. The van der Waals surface area contributed by atoms with Gasteiger partial charge in [0.2, 0.25) is 0 Å². The topological polar surface area (TPSA) is 86.0 Å². The number of likely N-dealkylation sites (tertiary alicyclic amines) is 1. The van der Waals surface area contributed by atoms with E-state index in [2.05, 4.69) is 15.4 Å². The van der Waals surface area contributed by atoms with Crippen LogP contribution in [-0.2, 0) is 0 Å². The summed E-state index contributed by atoms with van der Waals surface area (Å²) in [6.07, 6.45) is 4.81. The number of aliphatic hydroxyl groups excluding tert-OH is 1. The van der Waals surface area contributed by atoms with Crippen LogP contribution in [0.5, 0.6) is 0 Å². The maximum atomic E-state index is 14.4. The van der Waals surface area contributed by atoms with Crippen molar-refractivity contribution in [3.63, 3.8) is 0 Å². The van der Waals surface area contributed by atoms with Gasteiger partial charge in [-0.15, -0.1) is 17.0 Å². The van der Waals surface area contributed by atoms with Gasteiger partial charge in [0, 0.05) is 31.4 Å². The fraction of sp³-hybridized carbons (Fsp3) is 0.381. The van der Waals surface area contributed by atoms with E-state index in [1.54, 1.807) is 21.7 Å². The lowest BCUT2D eigenvalue weighted by atomic mass is 10.0. The smallest absolute Gasteiger partial charge is 0.322 e. The summed E-state index contributed by atoms with van der Waals surface area (Å²) in [6, 6.07) is 4.64. The first-order chi connectivity index (χ1) is 15.0. The first-order valence-electron chi connectivity index (χ1n) is 10.3. The van der Waals surface area contributed by atoms with Crippen molar-refractivity contribution in [2.75, 3.05) is 29.9 Å². The first-order valence-corrected chi connectivity index (χ1v) is 10.3. The van der Waals surface area contributed by atoms with Gasteiger partial charge < -0.3 is 20.2 Å². The number of amides is 2. The van der Waals surface area contributed by atoms with E-state index in [0.29, 0.717) is 55.2 Å². The van der Waals surface area contributed by atoms with Crippen LogP contribution in [0.25, 0.3) is 5.65 Å². The van der Waals surface area contributed by atoms with Gasteiger partial charge in [0.05, 0.1) is 18.3 Å². The molecular formula is C21H23BrF2N6O2. The van der Waals surface area contributed by atoms with Gasteiger partial charge in [-0.25, -0.2) is 23.1 Å². The van der Waals surface area contributed by atoms with E-state index in [-0.39, 0.29) is 29.1 Å². The molecule has 2 fully saturated rings. The predicted molar refractivity (Wildman–Crippen MR) is 120 cm³/mol. The average Bonchev–Trinajstić information content (AvgIpc) is 3.49. The number of hydrogen-bond donors (Lipinski definition) is 2. The SMILES string of the molecule is Br.O=C(Nc1cnn2ccc(N3CCCC3c3cc(F)ccc3F)nc12)N1CCC(O)C1. The molecule has 0 aliphatic carbocycles. The number of nitrogens with zero attached hydrogens (tertiary/aromatic N) is 5. The Labute approximate surface area is 193 Å². The molecule has 0 spiro atoms. The minimum absolute atomic E-state index is 0. The number of rotatable bonds is 3. The number of carbonyl (C=O) groups excluding carboxylic acids is 1. The van der Waals surface area contributed by atoms with E-state index in [0.717, 1.165) is 18.6 Å². The highest BCUT2D eigenvalue weighted by atomic mass is 79.9. The predicted octanol–water partition coefficient (Wildman–Crippen LogP) is 3.53. The van der Waals surface area contributed by atoms with Crippen LogP contribution in [0.15, 0.2) is 36.7 Å². The summed E-state index contributed by atoms with van der Waals surface area (Å²) in [5.74, 6) is -0.310. The lowest BCUT2D eigenvalue weighted by Crippen LogP contribution is -2.33. The van der Waals surface area contributed by atoms with Crippen LogP contribution in [0, 0.1) is 11.6 Å². The number of hydrogen-bond acceptors (Lipinski definition) is 5. The Morgan fingerprint density at radius 2 is 2.03 bits per heavy atom. The van der Waals surface area contributed by atoms with E-state index < -0.39 is 17.7 Å². The van der Waals surface area contributed by atoms with Crippen LogP contribution in [0.4, 0.5) is 25.1 Å². The summed E-state index contributed by atoms with van der Waals surface area (Å²) >= 11 is 0. The van der Waals surface area contributed by atoms with Crippen molar-refractivity contribution < 1.29 is 18.7 Å². The maximum absolute atomic E-state index is 14.4. The maximum Gasteiger partial charge on any atom is 0.322 e. The molecule has 170 valence electrons. The molecule has 0 bridgehead atoms. The first kappa shape index (κ1) is 22.4. The minimum atomic E-state index is -0.505. The molecule has 4 heterocycles. The number of β-amino-alcohol motifs (C(OH)–C–C–N with tert-alkyl or cyclic N) is 1.